The lowest BCUT2D eigenvalue weighted by Gasteiger charge is -2.10. The van der Waals surface area contributed by atoms with E-state index < -0.39 is 0 Å². The van der Waals surface area contributed by atoms with E-state index in [1.165, 1.54) is 0 Å². The molecule has 3 nitrogen and oxygen atoms in total. The molecular formula is C15H17N3S. The quantitative estimate of drug-likeness (QED) is 0.839. The van der Waals surface area contributed by atoms with Crippen molar-refractivity contribution in [2.45, 2.75) is 20.4 Å². The van der Waals surface area contributed by atoms with Gasteiger partial charge in [-0.25, -0.2) is 0 Å². The molecule has 2 aromatic rings. The maximum absolute atomic E-state index is 5.65. The van der Waals surface area contributed by atoms with Crippen LogP contribution in [0.4, 0.5) is 5.69 Å². The second kappa shape index (κ2) is 5.80. The Bertz CT molecular complexity index is 591. The number of nitrogens with two attached hydrogens (primary N) is 1. The van der Waals surface area contributed by atoms with Crippen LogP contribution in [0.2, 0.25) is 0 Å². The minimum atomic E-state index is 0.437. The van der Waals surface area contributed by atoms with Gasteiger partial charge >= 0.3 is 0 Å². The Labute approximate surface area is 118 Å². The van der Waals surface area contributed by atoms with Crippen molar-refractivity contribution in [3.63, 3.8) is 0 Å². The molecule has 0 spiro atoms. The molecule has 0 fully saturated rings. The van der Waals surface area contributed by atoms with Crippen molar-refractivity contribution in [2.75, 3.05) is 5.32 Å². The van der Waals surface area contributed by atoms with E-state index in [-0.39, 0.29) is 0 Å². The number of anilines is 1. The highest BCUT2D eigenvalue weighted by Crippen LogP contribution is 2.16. The van der Waals surface area contributed by atoms with Crippen LogP contribution < -0.4 is 11.1 Å². The summed E-state index contributed by atoms with van der Waals surface area (Å²) in [5, 5.41) is 3.36. The normalized spacial score (nSPS) is 10.2. The monoisotopic (exact) mass is 271 g/mol. The van der Waals surface area contributed by atoms with Crippen LogP contribution >= 0.6 is 12.2 Å². The molecule has 0 bridgehead atoms. The fourth-order valence-corrected chi connectivity index (χ4v) is 2.09. The summed E-state index contributed by atoms with van der Waals surface area (Å²) in [4.78, 5) is 4.71. The van der Waals surface area contributed by atoms with Gasteiger partial charge in [-0.05, 0) is 49.2 Å². The molecule has 0 saturated carbocycles. The highest BCUT2D eigenvalue weighted by molar-refractivity contribution is 7.80. The number of nitrogens with one attached hydrogen (secondary N) is 1. The molecule has 0 saturated heterocycles. The predicted molar refractivity (Wildman–Crippen MR) is 83.4 cm³/mol. The van der Waals surface area contributed by atoms with Crippen molar-refractivity contribution < 1.29 is 0 Å². The van der Waals surface area contributed by atoms with Gasteiger partial charge in [0.1, 0.15) is 4.99 Å². The maximum atomic E-state index is 5.65. The SMILES string of the molecule is Cc1ccc(CNc2ccc(C(N)=S)c(C)c2)cn1. The zero-order valence-corrected chi connectivity index (χ0v) is 11.9. The average Bonchev–Trinajstić information content (AvgIpc) is 2.37. The maximum Gasteiger partial charge on any atom is 0.104 e. The topological polar surface area (TPSA) is 50.9 Å². The first-order chi connectivity index (χ1) is 9.06. The van der Waals surface area contributed by atoms with E-state index in [2.05, 4.69) is 22.4 Å². The van der Waals surface area contributed by atoms with Gasteiger partial charge in [-0.2, -0.15) is 0 Å². The van der Waals surface area contributed by atoms with Crippen LogP contribution in [0.1, 0.15) is 22.4 Å². The van der Waals surface area contributed by atoms with Crippen LogP contribution in [0, 0.1) is 13.8 Å². The molecule has 4 heteroatoms. The Morgan fingerprint density at radius 3 is 2.63 bits per heavy atom. The van der Waals surface area contributed by atoms with E-state index in [9.17, 15) is 0 Å². The standard InChI is InChI=1S/C15H17N3S/c1-10-7-13(5-6-14(10)15(16)19)18-9-12-4-3-11(2)17-8-12/h3-8,18H,9H2,1-2H3,(H2,16,19). The number of rotatable bonds is 4. The van der Waals surface area contributed by atoms with E-state index in [1.807, 2.05) is 38.2 Å². The summed E-state index contributed by atoms with van der Waals surface area (Å²) in [6, 6.07) is 10.1. The van der Waals surface area contributed by atoms with Crippen LogP contribution in [0.5, 0.6) is 0 Å². The first-order valence-electron chi connectivity index (χ1n) is 6.12. The first-order valence-corrected chi connectivity index (χ1v) is 6.53. The molecular weight excluding hydrogens is 254 g/mol. The summed E-state index contributed by atoms with van der Waals surface area (Å²) in [7, 11) is 0. The van der Waals surface area contributed by atoms with E-state index >= 15 is 0 Å². The number of benzene rings is 1. The van der Waals surface area contributed by atoms with E-state index in [1.54, 1.807) is 0 Å². The van der Waals surface area contributed by atoms with Gasteiger partial charge in [-0.3, -0.25) is 4.98 Å². The zero-order valence-electron chi connectivity index (χ0n) is 11.1. The second-order valence-corrected chi connectivity index (χ2v) is 5.00. The van der Waals surface area contributed by atoms with Crippen LogP contribution in [0.15, 0.2) is 36.5 Å². The molecule has 0 aliphatic rings. The van der Waals surface area contributed by atoms with Crippen molar-refractivity contribution in [1.82, 2.24) is 4.98 Å². The van der Waals surface area contributed by atoms with Gasteiger partial charge < -0.3 is 11.1 Å². The number of aryl methyl sites for hydroxylation is 2. The summed E-state index contributed by atoms with van der Waals surface area (Å²) < 4.78 is 0. The number of pyridine rings is 1. The Hall–Kier alpha value is -1.94. The average molecular weight is 271 g/mol. The molecule has 0 unspecified atom stereocenters. The molecule has 1 heterocycles. The molecule has 1 aromatic heterocycles. The Kier molecular flexibility index (Phi) is 4.12. The van der Waals surface area contributed by atoms with Gasteiger partial charge in [0.15, 0.2) is 0 Å². The summed E-state index contributed by atoms with van der Waals surface area (Å²) in [6.45, 7) is 4.74. The Morgan fingerprint density at radius 1 is 1.26 bits per heavy atom. The van der Waals surface area contributed by atoms with Crippen molar-refractivity contribution in [2.24, 2.45) is 5.73 Å². The van der Waals surface area contributed by atoms with Gasteiger partial charge in [0, 0.05) is 29.7 Å². The summed E-state index contributed by atoms with van der Waals surface area (Å²) in [5.74, 6) is 0. The lowest BCUT2D eigenvalue weighted by molar-refractivity contribution is 1.08. The summed E-state index contributed by atoms with van der Waals surface area (Å²) >= 11 is 5.00. The fourth-order valence-electron chi connectivity index (χ4n) is 1.86. The minimum Gasteiger partial charge on any atom is -0.389 e. The van der Waals surface area contributed by atoms with Crippen molar-refractivity contribution in [3.05, 3.63) is 58.9 Å². The highest BCUT2D eigenvalue weighted by atomic mass is 32.1. The summed E-state index contributed by atoms with van der Waals surface area (Å²) in [6.07, 6.45) is 1.89. The van der Waals surface area contributed by atoms with Crippen molar-refractivity contribution >= 4 is 22.9 Å². The van der Waals surface area contributed by atoms with E-state index in [0.717, 1.165) is 34.6 Å². The molecule has 0 aliphatic carbocycles. The molecule has 3 N–H and O–H groups in total. The van der Waals surface area contributed by atoms with Crippen LogP contribution in [0.25, 0.3) is 0 Å². The number of thiocarbonyl (C=S) groups is 1. The van der Waals surface area contributed by atoms with Crippen LogP contribution in [0.3, 0.4) is 0 Å². The van der Waals surface area contributed by atoms with Crippen molar-refractivity contribution in [1.29, 1.82) is 0 Å². The number of nitrogens with zero attached hydrogens (tertiary/aromatic N) is 1. The van der Waals surface area contributed by atoms with E-state index in [0.29, 0.717) is 4.99 Å². The number of hydrogen-bond acceptors (Lipinski definition) is 3. The van der Waals surface area contributed by atoms with Crippen molar-refractivity contribution in [3.8, 4) is 0 Å². The van der Waals surface area contributed by atoms with Gasteiger partial charge in [0.2, 0.25) is 0 Å². The van der Waals surface area contributed by atoms with Gasteiger partial charge in [-0.15, -0.1) is 0 Å². The zero-order chi connectivity index (χ0) is 13.8. The number of aromatic nitrogens is 1. The van der Waals surface area contributed by atoms with Crippen LogP contribution in [-0.2, 0) is 6.54 Å². The largest absolute Gasteiger partial charge is 0.389 e. The molecule has 0 radical (unpaired) electrons. The molecule has 98 valence electrons. The van der Waals surface area contributed by atoms with Gasteiger partial charge in [-0.1, -0.05) is 18.3 Å². The van der Waals surface area contributed by atoms with Crippen LogP contribution in [-0.4, -0.2) is 9.97 Å². The fraction of sp³-hybridized carbons (Fsp3) is 0.200. The molecule has 0 amide bonds. The molecule has 19 heavy (non-hydrogen) atoms. The van der Waals surface area contributed by atoms with Gasteiger partial charge in [0.25, 0.3) is 0 Å². The number of hydrogen-bond donors (Lipinski definition) is 2. The lowest BCUT2D eigenvalue weighted by atomic mass is 10.1. The smallest absolute Gasteiger partial charge is 0.104 e. The third-order valence-electron chi connectivity index (χ3n) is 2.96. The van der Waals surface area contributed by atoms with Gasteiger partial charge in [0.05, 0.1) is 0 Å². The predicted octanol–water partition coefficient (Wildman–Crippen LogP) is 2.94. The Balaban J connectivity index is 2.06. The lowest BCUT2D eigenvalue weighted by Crippen LogP contribution is -2.11. The summed E-state index contributed by atoms with van der Waals surface area (Å²) in [5.41, 5.74) is 10.9. The molecule has 1 aromatic carbocycles. The Morgan fingerprint density at radius 2 is 2.05 bits per heavy atom. The first kappa shape index (κ1) is 13.5. The minimum absolute atomic E-state index is 0.437. The third-order valence-corrected chi connectivity index (χ3v) is 3.18. The highest BCUT2D eigenvalue weighted by Gasteiger charge is 2.02. The molecule has 2 rings (SSSR count). The third kappa shape index (κ3) is 3.51. The molecule has 0 aliphatic heterocycles. The molecule has 0 atom stereocenters. The van der Waals surface area contributed by atoms with E-state index in [4.69, 9.17) is 18.0 Å². The second-order valence-electron chi connectivity index (χ2n) is 4.56.